The van der Waals surface area contributed by atoms with E-state index >= 15 is 0 Å². The molecular weight excluding hydrogens is 818 g/mol. The summed E-state index contributed by atoms with van der Waals surface area (Å²) >= 11 is 6.92. The van der Waals surface area contributed by atoms with Crippen LogP contribution in [0.3, 0.4) is 0 Å². The summed E-state index contributed by atoms with van der Waals surface area (Å²) in [7, 11) is 3.09. The molecule has 1 atom stereocenters. The third kappa shape index (κ3) is 8.00. The number of hydrogen-bond donors (Lipinski definition) is 1. The average molecular weight is 866 g/mol. The van der Waals surface area contributed by atoms with Gasteiger partial charge in [0.05, 0.1) is 30.6 Å². The van der Waals surface area contributed by atoms with E-state index in [1.54, 1.807) is 35.4 Å². The summed E-state index contributed by atoms with van der Waals surface area (Å²) in [6, 6.07) is 26.2. The minimum absolute atomic E-state index is 0.148. The maximum absolute atomic E-state index is 13.9. The molecule has 1 unspecified atom stereocenters. The monoisotopic (exact) mass is 865 g/mol. The fourth-order valence-corrected chi connectivity index (χ4v) is 9.64. The molecule has 0 bridgehead atoms. The molecule has 14 nitrogen and oxygen atoms in total. The Balaban J connectivity index is 0.990. The molecular formula is C48H48ClN9O5. The number of urea groups is 1. The lowest BCUT2D eigenvalue weighted by Gasteiger charge is -2.33. The van der Waals surface area contributed by atoms with Crippen LogP contribution in [0, 0.1) is 0 Å². The number of anilines is 2. The number of ether oxygens (including phenoxy) is 1. The molecule has 3 saturated heterocycles. The number of hydrogen-bond acceptors (Lipinski definition) is 9. The number of pyridine rings is 2. The fourth-order valence-electron chi connectivity index (χ4n) is 9.32. The zero-order valence-corrected chi connectivity index (χ0v) is 36.2. The first-order chi connectivity index (χ1) is 30.6. The average Bonchev–Trinajstić information content (AvgIpc) is 3.84. The van der Waals surface area contributed by atoms with Gasteiger partial charge in [-0.1, -0.05) is 67.1 Å². The second-order valence-electron chi connectivity index (χ2n) is 16.3. The van der Waals surface area contributed by atoms with Crippen molar-refractivity contribution in [3.05, 3.63) is 135 Å². The van der Waals surface area contributed by atoms with E-state index < -0.39 is 5.92 Å². The molecule has 0 saturated carbocycles. The third-order valence-corrected chi connectivity index (χ3v) is 13.1. The van der Waals surface area contributed by atoms with Gasteiger partial charge in [0.1, 0.15) is 5.82 Å². The van der Waals surface area contributed by atoms with Gasteiger partial charge in [-0.3, -0.25) is 34.6 Å². The van der Waals surface area contributed by atoms with E-state index in [1.807, 2.05) is 54.6 Å². The van der Waals surface area contributed by atoms with Crippen LogP contribution in [-0.4, -0.2) is 80.3 Å². The molecule has 6 heterocycles. The fraction of sp³-hybridized carbons (Fsp3) is 0.312. The molecule has 1 N–H and O–H groups in total. The highest BCUT2D eigenvalue weighted by atomic mass is 35.5. The summed E-state index contributed by atoms with van der Waals surface area (Å²) in [5.41, 5.74) is 8.73. The lowest BCUT2D eigenvalue weighted by Crippen LogP contribution is -2.39. The number of halogens is 1. The molecule has 63 heavy (non-hydrogen) atoms. The van der Waals surface area contributed by atoms with Crippen molar-refractivity contribution < 1.29 is 19.1 Å². The number of aryl methyl sites for hydroxylation is 1. The molecule has 3 fully saturated rings. The van der Waals surface area contributed by atoms with Gasteiger partial charge in [-0.05, 0) is 114 Å². The zero-order valence-electron chi connectivity index (χ0n) is 35.5. The Morgan fingerprint density at radius 1 is 0.825 bits per heavy atom. The Kier molecular flexibility index (Phi) is 11.7. The molecule has 0 spiro atoms. The van der Waals surface area contributed by atoms with Crippen LogP contribution >= 0.6 is 11.6 Å². The lowest BCUT2D eigenvalue weighted by atomic mass is 9.86. The highest BCUT2D eigenvalue weighted by molar-refractivity contribution is 6.32. The van der Waals surface area contributed by atoms with Gasteiger partial charge in [-0.15, -0.1) is 5.10 Å². The number of carbonyl (C=O) groups is 3. The topological polar surface area (TPSA) is 148 Å². The van der Waals surface area contributed by atoms with Gasteiger partial charge in [0.25, 0.3) is 0 Å². The van der Waals surface area contributed by atoms with Gasteiger partial charge in [0.2, 0.25) is 11.8 Å². The molecule has 3 aromatic heterocycles. The quantitative estimate of drug-likeness (QED) is 0.133. The van der Waals surface area contributed by atoms with Crippen LogP contribution in [0.5, 0.6) is 6.01 Å². The van der Waals surface area contributed by atoms with Crippen LogP contribution in [0.4, 0.5) is 16.3 Å². The van der Waals surface area contributed by atoms with E-state index in [2.05, 4.69) is 51.5 Å². The second-order valence-corrected chi connectivity index (χ2v) is 16.6. The summed E-state index contributed by atoms with van der Waals surface area (Å²) in [6.07, 6.45) is 8.49. The zero-order chi connectivity index (χ0) is 43.8. The number of nitrogens with zero attached hydrogens (tertiary/aromatic N) is 8. The van der Waals surface area contributed by atoms with E-state index in [0.29, 0.717) is 61.3 Å². The summed E-state index contributed by atoms with van der Waals surface area (Å²) < 4.78 is 8.25. The van der Waals surface area contributed by atoms with E-state index in [1.165, 1.54) is 21.9 Å². The minimum Gasteiger partial charge on any atom is -0.467 e. The van der Waals surface area contributed by atoms with Crippen molar-refractivity contribution in [1.29, 1.82) is 0 Å². The predicted molar refractivity (Wildman–Crippen MR) is 242 cm³/mol. The van der Waals surface area contributed by atoms with Gasteiger partial charge in [0, 0.05) is 56.1 Å². The first-order valence-electron chi connectivity index (χ1n) is 21.4. The molecule has 0 aliphatic carbocycles. The normalized spacial score (nSPS) is 17.4. The first kappa shape index (κ1) is 41.7. The van der Waals surface area contributed by atoms with Gasteiger partial charge in [-0.2, -0.15) is 0 Å². The Hall–Kier alpha value is -6.64. The number of imide groups is 1. The maximum Gasteiger partial charge on any atom is 0.353 e. The number of nitrogens with one attached hydrogen (secondary N) is 1. The van der Waals surface area contributed by atoms with E-state index in [0.717, 1.165) is 70.6 Å². The molecule has 3 aliphatic rings. The number of piperidine rings is 2. The van der Waals surface area contributed by atoms with Crippen molar-refractivity contribution in [1.82, 2.24) is 34.5 Å². The van der Waals surface area contributed by atoms with Crippen molar-refractivity contribution in [2.45, 2.75) is 57.4 Å². The third-order valence-electron chi connectivity index (χ3n) is 12.6. The molecule has 6 aromatic rings. The Bertz CT molecular complexity index is 2760. The molecule has 322 valence electrons. The van der Waals surface area contributed by atoms with Crippen molar-refractivity contribution >= 4 is 41.0 Å². The molecule has 0 radical (unpaired) electrons. The Labute approximate surface area is 370 Å². The van der Waals surface area contributed by atoms with Gasteiger partial charge in [0.15, 0.2) is 0 Å². The molecule has 15 heteroatoms. The molecule has 4 amide bonds. The SMILES string of the molecule is CCc1c(-c2ccc(-n3c(OC)nn(C)c3=O)cc2-c2ccc(C3CCN(Cc4cccc(C5CCC(=O)NC5=O)c4Cl)CC3)cc2)ccnc1N1CCN(c2cccnc2)C1=O. The Morgan fingerprint density at radius 3 is 2.35 bits per heavy atom. The number of carbonyl (C=O) groups excluding carboxylic acids is 3. The van der Waals surface area contributed by atoms with Crippen LogP contribution < -0.4 is 25.5 Å². The van der Waals surface area contributed by atoms with Gasteiger partial charge >= 0.3 is 17.7 Å². The van der Waals surface area contributed by atoms with E-state index in [9.17, 15) is 19.2 Å². The van der Waals surface area contributed by atoms with E-state index in [4.69, 9.17) is 21.3 Å². The summed E-state index contributed by atoms with van der Waals surface area (Å²) in [4.78, 5) is 66.5. The van der Waals surface area contributed by atoms with Crippen molar-refractivity contribution in [3.63, 3.8) is 0 Å². The number of aromatic nitrogens is 5. The number of rotatable bonds is 11. The van der Waals surface area contributed by atoms with Crippen LogP contribution in [0.15, 0.2) is 102 Å². The van der Waals surface area contributed by atoms with Crippen LogP contribution in [-0.2, 0) is 29.6 Å². The number of methoxy groups -OCH3 is 1. The number of likely N-dealkylation sites (tertiary alicyclic amines) is 1. The van der Waals surface area contributed by atoms with Crippen LogP contribution in [0.1, 0.15) is 66.7 Å². The van der Waals surface area contributed by atoms with Crippen molar-refractivity contribution in [2.75, 3.05) is 43.1 Å². The summed E-state index contributed by atoms with van der Waals surface area (Å²) in [6.45, 7) is 5.54. The Morgan fingerprint density at radius 2 is 1.62 bits per heavy atom. The number of amides is 4. The van der Waals surface area contributed by atoms with Crippen LogP contribution in [0.25, 0.3) is 27.9 Å². The van der Waals surface area contributed by atoms with Gasteiger partial charge < -0.3 is 4.74 Å². The number of benzene rings is 3. The van der Waals surface area contributed by atoms with E-state index in [-0.39, 0.29) is 29.5 Å². The molecule has 3 aliphatic heterocycles. The minimum atomic E-state index is -0.426. The summed E-state index contributed by atoms with van der Waals surface area (Å²) in [5.74, 6) is 0.0361. The van der Waals surface area contributed by atoms with Gasteiger partial charge in [-0.25, -0.2) is 23.8 Å². The summed E-state index contributed by atoms with van der Waals surface area (Å²) in [5, 5.41) is 7.34. The standard InChI is InChI=1S/C48H48ClN9O5/c1-4-36-38(18-22-51-44(36)57-26-25-56(48(57)62)35-8-6-21-50-28-35)37-15-14-34(58-46(63-3)53-54(2)47(58)61)27-41(37)32-12-10-30(11-13-32)31-19-23-55(24-20-31)29-33-7-5-9-39(43(33)49)40-16-17-42(59)52-45(40)60/h5-15,18,21-22,27-28,31,40H,4,16-17,19-20,23-26,29H2,1-3H3,(H,52,59,60). The molecule has 3 aromatic carbocycles. The highest BCUT2D eigenvalue weighted by Crippen LogP contribution is 2.41. The van der Waals surface area contributed by atoms with Crippen molar-refractivity contribution in [3.8, 4) is 34.0 Å². The van der Waals surface area contributed by atoms with Crippen LogP contribution in [0.2, 0.25) is 5.02 Å². The largest absolute Gasteiger partial charge is 0.467 e. The second kappa shape index (κ2) is 17.6. The van der Waals surface area contributed by atoms with Crippen molar-refractivity contribution in [2.24, 2.45) is 7.05 Å². The lowest BCUT2D eigenvalue weighted by molar-refractivity contribution is -0.134. The first-order valence-corrected chi connectivity index (χ1v) is 21.8. The highest BCUT2D eigenvalue weighted by Gasteiger charge is 2.34. The smallest absolute Gasteiger partial charge is 0.353 e. The molecule has 9 rings (SSSR count). The predicted octanol–water partition coefficient (Wildman–Crippen LogP) is 7.27. The maximum atomic E-state index is 13.9.